The number of aryl methyl sites for hydroxylation is 4. The van der Waals surface area contributed by atoms with Gasteiger partial charge in [-0.2, -0.15) is 0 Å². The fourth-order valence-corrected chi connectivity index (χ4v) is 6.63. The number of nitrogens with one attached hydrogen (secondary N) is 1. The van der Waals surface area contributed by atoms with Crippen LogP contribution in [0.25, 0.3) is 0 Å². The first-order valence-corrected chi connectivity index (χ1v) is 16.6. The van der Waals surface area contributed by atoms with E-state index in [9.17, 15) is 18.0 Å². The van der Waals surface area contributed by atoms with E-state index in [-0.39, 0.29) is 29.8 Å². The lowest BCUT2D eigenvalue weighted by atomic mass is 10.0. The molecule has 0 aromatic heterocycles. The molecule has 0 saturated carbocycles. The van der Waals surface area contributed by atoms with Crippen molar-refractivity contribution in [2.45, 2.75) is 71.5 Å². The van der Waals surface area contributed by atoms with Crippen LogP contribution in [0, 0.1) is 27.7 Å². The van der Waals surface area contributed by atoms with Gasteiger partial charge in [0, 0.05) is 19.0 Å². The van der Waals surface area contributed by atoms with E-state index < -0.39 is 28.5 Å². The van der Waals surface area contributed by atoms with Crippen LogP contribution in [-0.2, 0) is 32.6 Å². The van der Waals surface area contributed by atoms with Crippen molar-refractivity contribution in [2.75, 3.05) is 10.8 Å². The van der Waals surface area contributed by atoms with Crippen molar-refractivity contribution in [3.05, 3.63) is 130 Å². The molecule has 0 radical (unpaired) electrons. The zero-order valence-electron chi connectivity index (χ0n) is 26.9. The predicted molar refractivity (Wildman–Crippen MR) is 181 cm³/mol. The molecule has 1 N–H and O–H groups in total. The Labute approximate surface area is 268 Å². The highest BCUT2D eigenvalue weighted by Gasteiger charge is 2.35. The molecule has 0 aliphatic rings. The molecule has 0 saturated heterocycles. The zero-order chi connectivity index (χ0) is 32.7. The normalized spacial score (nSPS) is 12.1. The Morgan fingerprint density at radius 2 is 1.31 bits per heavy atom. The van der Waals surface area contributed by atoms with E-state index in [1.54, 1.807) is 30.3 Å². The molecule has 236 valence electrons. The second kappa shape index (κ2) is 14.6. The topological polar surface area (TPSA) is 86.8 Å². The summed E-state index contributed by atoms with van der Waals surface area (Å²) < 4.78 is 29.7. The van der Waals surface area contributed by atoms with Gasteiger partial charge in [-0.1, -0.05) is 90.0 Å². The number of carbonyl (C=O) groups is 2. The molecule has 45 heavy (non-hydrogen) atoms. The zero-order valence-corrected chi connectivity index (χ0v) is 27.8. The average molecular weight is 626 g/mol. The van der Waals surface area contributed by atoms with Gasteiger partial charge in [0.15, 0.2) is 0 Å². The van der Waals surface area contributed by atoms with Crippen molar-refractivity contribution in [3.8, 4) is 0 Å². The molecule has 1 atom stereocenters. The molecular formula is C37H43N3O4S. The van der Waals surface area contributed by atoms with Crippen LogP contribution >= 0.6 is 0 Å². The fraction of sp³-hybridized carbons (Fsp3) is 0.297. The fourth-order valence-electron chi connectivity index (χ4n) is 5.16. The van der Waals surface area contributed by atoms with Gasteiger partial charge < -0.3 is 10.2 Å². The maximum Gasteiger partial charge on any atom is 0.264 e. The third-order valence-corrected chi connectivity index (χ3v) is 9.47. The molecule has 0 aliphatic heterocycles. The van der Waals surface area contributed by atoms with Crippen LogP contribution in [0.15, 0.2) is 102 Å². The first-order chi connectivity index (χ1) is 21.3. The SMILES string of the molecule is Cc1ccc(CN(C(=O)CN(c2cc(C)ccc2C)S(=O)(=O)c2ccc(C)cc2)C(Cc2ccccc2)C(=O)NC(C)C)cc1. The first kappa shape index (κ1) is 33.5. The molecule has 0 heterocycles. The largest absolute Gasteiger partial charge is 0.352 e. The summed E-state index contributed by atoms with van der Waals surface area (Å²) in [6.07, 6.45) is 0.269. The van der Waals surface area contributed by atoms with Crippen molar-refractivity contribution in [2.24, 2.45) is 0 Å². The lowest BCUT2D eigenvalue weighted by Gasteiger charge is -2.34. The van der Waals surface area contributed by atoms with E-state index in [2.05, 4.69) is 5.32 Å². The van der Waals surface area contributed by atoms with Crippen molar-refractivity contribution in [1.82, 2.24) is 10.2 Å². The molecular weight excluding hydrogens is 582 g/mol. The van der Waals surface area contributed by atoms with Gasteiger partial charge >= 0.3 is 0 Å². The molecule has 4 aromatic carbocycles. The van der Waals surface area contributed by atoms with E-state index in [0.29, 0.717) is 11.3 Å². The van der Waals surface area contributed by atoms with E-state index in [1.807, 2.05) is 108 Å². The first-order valence-electron chi connectivity index (χ1n) is 15.2. The number of anilines is 1. The molecule has 4 aromatic rings. The predicted octanol–water partition coefficient (Wildman–Crippen LogP) is 6.28. The third-order valence-electron chi connectivity index (χ3n) is 7.70. The summed E-state index contributed by atoms with van der Waals surface area (Å²) in [6.45, 7) is 11.0. The number of rotatable bonds is 12. The molecule has 0 fully saturated rings. The summed E-state index contributed by atoms with van der Waals surface area (Å²) in [7, 11) is -4.16. The average Bonchev–Trinajstić information content (AvgIpc) is 3.00. The van der Waals surface area contributed by atoms with Gasteiger partial charge in [-0.25, -0.2) is 8.42 Å². The highest BCUT2D eigenvalue weighted by Crippen LogP contribution is 2.29. The van der Waals surface area contributed by atoms with Crippen molar-refractivity contribution in [3.63, 3.8) is 0 Å². The van der Waals surface area contributed by atoms with Gasteiger partial charge in [0.25, 0.3) is 10.0 Å². The number of benzene rings is 4. The number of sulfonamides is 1. The van der Waals surface area contributed by atoms with Gasteiger partial charge in [-0.3, -0.25) is 13.9 Å². The smallest absolute Gasteiger partial charge is 0.264 e. The Bertz CT molecular complexity index is 1720. The van der Waals surface area contributed by atoms with E-state index in [1.165, 1.54) is 9.21 Å². The standard InChI is InChI=1S/C37H43N3O4S/c1-26(2)38-37(42)35(23-31-10-8-7-9-11-31)39(24-32-18-13-27(3)14-19-32)36(41)25-40(34-22-29(5)12-17-30(34)6)45(43,44)33-20-15-28(4)16-21-33/h7-22,26,35H,23-25H2,1-6H3,(H,38,42). The maximum absolute atomic E-state index is 14.6. The number of nitrogens with zero attached hydrogens (tertiary/aromatic N) is 2. The summed E-state index contributed by atoms with van der Waals surface area (Å²) in [4.78, 5) is 30.0. The number of hydrogen-bond donors (Lipinski definition) is 1. The van der Waals surface area contributed by atoms with Crippen LogP contribution < -0.4 is 9.62 Å². The van der Waals surface area contributed by atoms with E-state index in [0.717, 1.165) is 27.8 Å². The second-order valence-electron chi connectivity index (χ2n) is 12.0. The van der Waals surface area contributed by atoms with Gasteiger partial charge in [-0.05, 0) is 82.0 Å². The van der Waals surface area contributed by atoms with Gasteiger partial charge in [0.2, 0.25) is 11.8 Å². The Balaban J connectivity index is 1.83. The summed E-state index contributed by atoms with van der Waals surface area (Å²) in [5, 5.41) is 2.99. The van der Waals surface area contributed by atoms with Crippen molar-refractivity contribution >= 4 is 27.5 Å². The highest BCUT2D eigenvalue weighted by molar-refractivity contribution is 7.92. The summed E-state index contributed by atoms with van der Waals surface area (Å²) in [6, 6.07) is 28.5. The number of amides is 2. The minimum Gasteiger partial charge on any atom is -0.352 e. The number of hydrogen-bond acceptors (Lipinski definition) is 4. The second-order valence-corrected chi connectivity index (χ2v) is 13.9. The van der Waals surface area contributed by atoms with Gasteiger partial charge in [-0.15, -0.1) is 0 Å². The molecule has 8 heteroatoms. The van der Waals surface area contributed by atoms with Gasteiger partial charge in [0.05, 0.1) is 10.6 Å². The van der Waals surface area contributed by atoms with Crippen molar-refractivity contribution < 1.29 is 18.0 Å². The lowest BCUT2D eigenvalue weighted by Crippen LogP contribution is -2.54. The highest BCUT2D eigenvalue weighted by atomic mass is 32.2. The molecule has 0 spiro atoms. The summed E-state index contributed by atoms with van der Waals surface area (Å²) in [5.41, 5.74) is 5.72. The number of carbonyl (C=O) groups excluding carboxylic acids is 2. The monoisotopic (exact) mass is 625 g/mol. The van der Waals surface area contributed by atoms with Crippen LogP contribution in [0.4, 0.5) is 5.69 Å². The summed E-state index contributed by atoms with van der Waals surface area (Å²) >= 11 is 0. The van der Waals surface area contributed by atoms with Gasteiger partial charge in [0.1, 0.15) is 12.6 Å². The molecule has 0 aliphatic carbocycles. The van der Waals surface area contributed by atoms with Crippen LogP contribution in [-0.4, -0.2) is 43.8 Å². The van der Waals surface area contributed by atoms with Crippen LogP contribution in [0.5, 0.6) is 0 Å². The molecule has 4 rings (SSSR count). The summed E-state index contributed by atoms with van der Waals surface area (Å²) in [5.74, 6) is -0.777. The molecule has 2 amide bonds. The Morgan fingerprint density at radius 1 is 0.733 bits per heavy atom. The lowest BCUT2D eigenvalue weighted by molar-refractivity contribution is -0.140. The van der Waals surface area contributed by atoms with Crippen LogP contribution in [0.2, 0.25) is 0 Å². The third kappa shape index (κ3) is 8.60. The Hall–Kier alpha value is -4.43. The van der Waals surface area contributed by atoms with E-state index in [4.69, 9.17) is 0 Å². The Kier molecular flexibility index (Phi) is 10.8. The quantitative estimate of drug-likeness (QED) is 0.201. The van der Waals surface area contributed by atoms with Crippen LogP contribution in [0.3, 0.4) is 0 Å². The molecule has 7 nitrogen and oxygen atoms in total. The van der Waals surface area contributed by atoms with E-state index >= 15 is 0 Å². The minimum atomic E-state index is -4.16. The molecule has 1 unspecified atom stereocenters. The molecule has 0 bridgehead atoms. The minimum absolute atomic E-state index is 0.0882. The Morgan fingerprint density at radius 3 is 1.91 bits per heavy atom. The van der Waals surface area contributed by atoms with Crippen molar-refractivity contribution in [1.29, 1.82) is 0 Å². The van der Waals surface area contributed by atoms with Crippen LogP contribution in [0.1, 0.15) is 47.2 Å². The maximum atomic E-state index is 14.6.